The molecule has 0 radical (unpaired) electrons. The number of benzene rings is 2. The number of nitro benzene ring substituents is 1. The molecule has 2 aromatic rings. The predicted molar refractivity (Wildman–Crippen MR) is 86.4 cm³/mol. The highest BCUT2D eigenvalue weighted by molar-refractivity contribution is 6.06. The van der Waals surface area contributed by atoms with Crippen LogP contribution in [0.15, 0.2) is 36.4 Å². The van der Waals surface area contributed by atoms with Crippen LogP contribution in [0, 0.1) is 17.0 Å². The highest BCUT2D eigenvalue weighted by atomic mass is 16.6. The van der Waals surface area contributed by atoms with Gasteiger partial charge in [0.05, 0.1) is 21.9 Å². The van der Waals surface area contributed by atoms with Gasteiger partial charge >= 0.3 is 0 Å². The van der Waals surface area contributed by atoms with Gasteiger partial charge in [-0.2, -0.15) is 0 Å². The van der Waals surface area contributed by atoms with Gasteiger partial charge in [0.1, 0.15) is 5.75 Å². The summed E-state index contributed by atoms with van der Waals surface area (Å²) in [5.41, 5.74) is 1.48. The largest absolute Gasteiger partial charge is 0.482 e. The second kappa shape index (κ2) is 5.99. The zero-order chi connectivity index (χ0) is 17.3. The Morgan fingerprint density at radius 2 is 2.12 bits per heavy atom. The number of carbonyl (C=O) groups is 2. The van der Waals surface area contributed by atoms with Gasteiger partial charge in [-0.15, -0.1) is 0 Å². The lowest BCUT2D eigenvalue weighted by molar-refractivity contribution is -0.385. The van der Waals surface area contributed by atoms with Crippen LogP contribution < -0.4 is 15.4 Å². The van der Waals surface area contributed by atoms with E-state index in [-0.39, 0.29) is 18.2 Å². The molecule has 0 unspecified atom stereocenters. The third kappa shape index (κ3) is 2.89. The number of anilines is 2. The monoisotopic (exact) mass is 327 g/mol. The predicted octanol–water partition coefficient (Wildman–Crippen LogP) is 2.49. The van der Waals surface area contributed by atoms with Gasteiger partial charge in [0.25, 0.3) is 17.5 Å². The average Bonchev–Trinajstić information content (AvgIpc) is 2.55. The first-order chi connectivity index (χ1) is 11.5. The Bertz CT molecular complexity index is 863. The molecule has 1 heterocycles. The number of hydrogen-bond acceptors (Lipinski definition) is 5. The standard InChI is InChI=1S/C16H13N3O5/c1-9-11(3-2-4-13(9)19(22)23)18-16(21)10-5-6-12-14(7-10)24-8-15(20)17-12/h2-7H,8H2,1H3,(H,17,20)(H,18,21). The molecule has 0 bridgehead atoms. The van der Waals surface area contributed by atoms with E-state index in [2.05, 4.69) is 10.6 Å². The van der Waals surface area contributed by atoms with Crippen molar-refractivity contribution in [3.63, 3.8) is 0 Å². The van der Waals surface area contributed by atoms with Crippen molar-refractivity contribution in [3.05, 3.63) is 57.6 Å². The summed E-state index contributed by atoms with van der Waals surface area (Å²) in [5, 5.41) is 16.2. The van der Waals surface area contributed by atoms with Gasteiger partial charge in [-0.1, -0.05) is 6.07 Å². The third-order valence-corrected chi connectivity index (χ3v) is 3.63. The van der Waals surface area contributed by atoms with Crippen molar-refractivity contribution in [3.8, 4) is 5.75 Å². The molecule has 8 nitrogen and oxygen atoms in total. The Balaban J connectivity index is 1.85. The van der Waals surface area contributed by atoms with E-state index in [0.29, 0.717) is 28.3 Å². The van der Waals surface area contributed by atoms with Crippen LogP contribution in [-0.4, -0.2) is 23.3 Å². The maximum Gasteiger partial charge on any atom is 0.274 e. The van der Waals surface area contributed by atoms with E-state index in [4.69, 9.17) is 4.74 Å². The first kappa shape index (κ1) is 15.5. The molecule has 1 aliphatic heterocycles. The van der Waals surface area contributed by atoms with Crippen molar-refractivity contribution in [1.29, 1.82) is 0 Å². The summed E-state index contributed by atoms with van der Waals surface area (Å²) in [6.45, 7) is 1.46. The Hall–Kier alpha value is -3.42. The Morgan fingerprint density at radius 3 is 2.88 bits per heavy atom. The zero-order valence-corrected chi connectivity index (χ0v) is 12.7. The smallest absolute Gasteiger partial charge is 0.274 e. The lowest BCUT2D eigenvalue weighted by atomic mass is 10.1. The van der Waals surface area contributed by atoms with Crippen molar-refractivity contribution >= 4 is 28.9 Å². The van der Waals surface area contributed by atoms with Crippen molar-refractivity contribution in [2.24, 2.45) is 0 Å². The van der Waals surface area contributed by atoms with Crippen molar-refractivity contribution in [2.75, 3.05) is 17.2 Å². The Labute approximate surface area is 136 Å². The fourth-order valence-electron chi connectivity index (χ4n) is 2.37. The summed E-state index contributed by atoms with van der Waals surface area (Å²) in [5.74, 6) is -0.285. The minimum absolute atomic E-state index is 0.0655. The SMILES string of the molecule is Cc1c(NC(=O)c2ccc3c(c2)OCC(=O)N3)cccc1[N+](=O)[O-]. The van der Waals surface area contributed by atoms with E-state index in [0.717, 1.165) is 0 Å². The molecule has 3 rings (SSSR count). The number of rotatable bonds is 3. The van der Waals surface area contributed by atoms with Crippen LogP contribution in [-0.2, 0) is 4.79 Å². The second-order valence-electron chi connectivity index (χ2n) is 5.21. The number of fused-ring (bicyclic) bond motifs is 1. The molecule has 0 fully saturated rings. The number of nitrogens with one attached hydrogen (secondary N) is 2. The number of carbonyl (C=O) groups excluding carboxylic acids is 2. The summed E-state index contributed by atoms with van der Waals surface area (Å²) in [4.78, 5) is 34.1. The van der Waals surface area contributed by atoms with Crippen LogP contribution in [0.1, 0.15) is 15.9 Å². The van der Waals surface area contributed by atoms with Gasteiger partial charge in [0, 0.05) is 11.6 Å². The molecule has 2 N–H and O–H groups in total. The molecular formula is C16H13N3O5. The Kier molecular flexibility index (Phi) is 3.87. The highest BCUT2D eigenvalue weighted by Gasteiger charge is 2.19. The van der Waals surface area contributed by atoms with Crippen LogP contribution in [0.5, 0.6) is 5.75 Å². The van der Waals surface area contributed by atoms with E-state index < -0.39 is 10.8 Å². The van der Waals surface area contributed by atoms with Gasteiger partial charge in [0.2, 0.25) is 0 Å². The molecule has 0 saturated heterocycles. The van der Waals surface area contributed by atoms with E-state index in [1.807, 2.05) is 0 Å². The highest BCUT2D eigenvalue weighted by Crippen LogP contribution is 2.30. The summed E-state index contributed by atoms with van der Waals surface area (Å²) in [6, 6.07) is 9.09. The van der Waals surface area contributed by atoms with Crippen LogP contribution in [0.3, 0.4) is 0 Å². The van der Waals surface area contributed by atoms with Crippen molar-refractivity contribution < 1.29 is 19.2 Å². The first-order valence-electron chi connectivity index (χ1n) is 7.08. The van der Waals surface area contributed by atoms with Crippen LogP contribution in [0.25, 0.3) is 0 Å². The average molecular weight is 327 g/mol. The molecule has 24 heavy (non-hydrogen) atoms. The summed E-state index contributed by atoms with van der Waals surface area (Å²) < 4.78 is 5.27. The third-order valence-electron chi connectivity index (χ3n) is 3.63. The van der Waals surface area contributed by atoms with Crippen molar-refractivity contribution in [2.45, 2.75) is 6.92 Å². The van der Waals surface area contributed by atoms with E-state index in [9.17, 15) is 19.7 Å². The normalized spacial score (nSPS) is 12.6. The van der Waals surface area contributed by atoms with Gasteiger partial charge in [-0.25, -0.2) is 0 Å². The maximum absolute atomic E-state index is 12.4. The minimum atomic E-state index is -0.500. The number of nitrogens with zero attached hydrogens (tertiary/aromatic N) is 1. The molecule has 0 atom stereocenters. The number of ether oxygens (including phenoxy) is 1. The summed E-state index contributed by atoms with van der Waals surface area (Å²) in [6.07, 6.45) is 0. The summed E-state index contributed by atoms with van der Waals surface area (Å²) in [7, 11) is 0. The van der Waals surface area contributed by atoms with E-state index in [1.54, 1.807) is 19.1 Å². The van der Waals surface area contributed by atoms with Gasteiger partial charge in [-0.05, 0) is 31.2 Å². The van der Waals surface area contributed by atoms with Crippen LogP contribution >= 0.6 is 0 Å². The first-order valence-corrected chi connectivity index (χ1v) is 7.08. The quantitative estimate of drug-likeness (QED) is 0.664. The molecule has 1 aliphatic rings. The van der Waals surface area contributed by atoms with E-state index in [1.165, 1.54) is 24.3 Å². The molecule has 2 aromatic carbocycles. The van der Waals surface area contributed by atoms with Crippen LogP contribution in [0.2, 0.25) is 0 Å². The maximum atomic E-state index is 12.4. The lowest BCUT2D eigenvalue weighted by Crippen LogP contribution is -2.25. The fraction of sp³-hybridized carbons (Fsp3) is 0.125. The molecule has 0 spiro atoms. The number of amides is 2. The van der Waals surface area contributed by atoms with Crippen LogP contribution in [0.4, 0.5) is 17.1 Å². The minimum Gasteiger partial charge on any atom is -0.482 e. The van der Waals surface area contributed by atoms with Gasteiger partial charge in [0.15, 0.2) is 6.61 Å². The van der Waals surface area contributed by atoms with Gasteiger partial charge in [-0.3, -0.25) is 19.7 Å². The Morgan fingerprint density at radius 1 is 1.33 bits per heavy atom. The molecule has 0 aliphatic carbocycles. The molecule has 122 valence electrons. The summed E-state index contributed by atoms with van der Waals surface area (Å²) >= 11 is 0. The van der Waals surface area contributed by atoms with Crippen molar-refractivity contribution in [1.82, 2.24) is 0 Å². The number of hydrogen-bond donors (Lipinski definition) is 2. The number of nitro groups is 1. The lowest BCUT2D eigenvalue weighted by Gasteiger charge is -2.18. The molecule has 2 amide bonds. The topological polar surface area (TPSA) is 111 Å². The second-order valence-corrected chi connectivity index (χ2v) is 5.21. The zero-order valence-electron chi connectivity index (χ0n) is 12.7. The molecule has 8 heteroatoms. The fourth-order valence-corrected chi connectivity index (χ4v) is 2.37. The van der Waals surface area contributed by atoms with Gasteiger partial charge < -0.3 is 15.4 Å². The molecule has 0 saturated carbocycles. The molecule has 0 aromatic heterocycles. The van der Waals surface area contributed by atoms with E-state index >= 15 is 0 Å². The molecular weight excluding hydrogens is 314 g/mol.